The number of rotatable bonds is 5. The van der Waals surface area contributed by atoms with Crippen LogP contribution in [0.2, 0.25) is 0 Å². The van der Waals surface area contributed by atoms with Crippen molar-refractivity contribution in [2.24, 2.45) is 5.92 Å². The highest BCUT2D eigenvalue weighted by Crippen LogP contribution is 2.21. The van der Waals surface area contributed by atoms with Gasteiger partial charge in [0.25, 0.3) is 0 Å². The average Bonchev–Trinajstić information content (AvgIpc) is 2.40. The summed E-state index contributed by atoms with van der Waals surface area (Å²) in [5.41, 5.74) is 0. The van der Waals surface area contributed by atoms with Crippen LogP contribution in [0.15, 0.2) is 0 Å². The lowest BCUT2D eigenvalue weighted by Crippen LogP contribution is -2.49. The number of morpholine rings is 1. The van der Waals surface area contributed by atoms with Crippen LogP contribution in [0.5, 0.6) is 0 Å². The minimum Gasteiger partial charge on any atom is -0.374 e. The lowest BCUT2D eigenvalue weighted by molar-refractivity contribution is -0.0463. The normalized spacial score (nSPS) is 31.7. The van der Waals surface area contributed by atoms with Crippen LogP contribution in [-0.4, -0.2) is 67.7 Å². The SMILES string of the molecule is CCN1CCOC(CN2CCCC(CCCl)C2)C1. The average molecular weight is 275 g/mol. The summed E-state index contributed by atoms with van der Waals surface area (Å²) in [6, 6.07) is 0. The Morgan fingerprint density at radius 2 is 2.11 bits per heavy atom. The summed E-state index contributed by atoms with van der Waals surface area (Å²) in [6.45, 7) is 10.1. The number of piperidine rings is 1. The van der Waals surface area contributed by atoms with Gasteiger partial charge in [-0.15, -0.1) is 11.6 Å². The predicted octanol–water partition coefficient (Wildman–Crippen LogP) is 2.05. The predicted molar refractivity (Wildman–Crippen MR) is 76.4 cm³/mol. The molecule has 2 saturated heterocycles. The molecule has 0 amide bonds. The zero-order valence-corrected chi connectivity index (χ0v) is 12.4. The van der Waals surface area contributed by atoms with Crippen LogP contribution < -0.4 is 0 Å². The minimum absolute atomic E-state index is 0.411. The zero-order chi connectivity index (χ0) is 12.8. The Bertz CT molecular complexity index is 238. The third kappa shape index (κ3) is 4.37. The first-order valence-electron chi connectivity index (χ1n) is 7.44. The molecule has 0 aromatic rings. The highest BCUT2D eigenvalue weighted by molar-refractivity contribution is 6.17. The van der Waals surface area contributed by atoms with E-state index in [0.717, 1.165) is 44.6 Å². The number of halogens is 1. The number of ether oxygens (including phenoxy) is 1. The van der Waals surface area contributed by atoms with Crippen molar-refractivity contribution in [1.82, 2.24) is 9.80 Å². The maximum absolute atomic E-state index is 5.90. The van der Waals surface area contributed by atoms with Gasteiger partial charge in [0, 0.05) is 32.1 Å². The summed E-state index contributed by atoms with van der Waals surface area (Å²) in [4.78, 5) is 5.08. The molecule has 2 rings (SSSR count). The third-order valence-corrected chi connectivity index (χ3v) is 4.47. The molecule has 18 heavy (non-hydrogen) atoms. The van der Waals surface area contributed by atoms with Gasteiger partial charge in [-0.2, -0.15) is 0 Å². The summed E-state index contributed by atoms with van der Waals surface area (Å²) in [5, 5.41) is 0. The summed E-state index contributed by atoms with van der Waals surface area (Å²) in [7, 11) is 0. The number of likely N-dealkylation sites (N-methyl/N-ethyl adjacent to an activating group) is 1. The second-order valence-electron chi connectivity index (χ2n) is 5.63. The molecule has 2 aliphatic heterocycles. The van der Waals surface area contributed by atoms with Crippen LogP contribution in [0.25, 0.3) is 0 Å². The van der Waals surface area contributed by atoms with Gasteiger partial charge in [-0.1, -0.05) is 6.92 Å². The molecule has 4 heteroatoms. The summed E-state index contributed by atoms with van der Waals surface area (Å²) in [5.74, 6) is 1.62. The molecule has 0 bridgehead atoms. The molecule has 0 aromatic carbocycles. The molecule has 0 saturated carbocycles. The molecule has 106 valence electrons. The van der Waals surface area contributed by atoms with E-state index in [2.05, 4.69) is 16.7 Å². The maximum atomic E-state index is 5.90. The topological polar surface area (TPSA) is 15.7 Å². The fourth-order valence-corrected chi connectivity index (χ4v) is 3.48. The van der Waals surface area contributed by atoms with E-state index in [0.29, 0.717) is 6.10 Å². The largest absolute Gasteiger partial charge is 0.374 e. The van der Waals surface area contributed by atoms with Crippen LogP contribution in [0.4, 0.5) is 0 Å². The Kier molecular flexibility index (Phi) is 6.22. The van der Waals surface area contributed by atoms with E-state index in [9.17, 15) is 0 Å². The summed E-state index contributed by atoms with van der Waals surface area (Å²) < 4.78 is 5.90. The van der Waals surface area contributed by atoms with Crippen LogP contribution in [-0.2, 0) is 4.74 Å². The molecule has 2 fully saturated rings. The van der Waals surface area contributed by atoms with Gasteiger partial charge in [0.05, 0.1) is 12.7 Å². The monoisotopic (exact) mass is 274 g/mol. The van der Waals surface area contributed by atoms with Gasteiger partial charge in [-0.05, 0) is 38.3 Å². The van der Waals surface area contributed by atoms with E-state index in [1.165, 1.54) is 32.4 Å². The maximum Gasteiger partial charge on any atom is 0.0829 e. The van der Waals surface area contributed by atoms with E-state index in [1.807, 2.05) is 0 Å². The zero-order valence-electron chi connectivity index (χ0n) is 11.6. The molecule has 2 aliphatic rings. The number of hydrogen-bond donors (Lipinski definition) is 0. The van der Waals surface area contributed by atoms with Crippen molar-refractivity contribution in [2.75, 3.05) is 51.8 Å². The second kappa shape index (κ2) is 7.68. The first kappa shape index (κ1) is 14.6. The molecule has 2 heterocycles. The lowest BCUT2D eigenvalue weighted by atomic mass is 9.95. The number of nitrogens with zero attached hydrogens (tertiary/aromatic N) is 2. The van der Waals surface area contributed by atoms with Gasteiger partial charge >= 0.3 is 0 Å². The molecule has 2 atom stereocenters. The fourth-order valence-electron chi connectivity index (χ4n) is 3.17. The Hall–Kier alpha value is 0.170. The van der Waals surface area contributed by atoms with E-state index in [-0.39, 0.29) is 0 Å². The van der Waals surface area contributed by atoms with Crippen molar-refractivity contribution in [3.05, 3.63) is 0 Å². The second-order valence-corrected chi connectivity index (χ2v) is 6.01. The van der Waals surface area contributed by atoms with Crippen molar-refractivity contribution in [3.63, 3.8) is 0 Å². The van der Waals surface area contributed by atoms with Gasteiger partial charge < -0.3 is 9.64 Å². The molecular weight excluding hydrogens is 248 g/mol. The molecule has 0 aliphatic carbocycles. The summed E-state index contributed by atoms with van der Waals surface area (Å²) in [6.07, 6.45) is 4.26. The first-order chi connectivity index (χ1) is 8.81. The van der Waals surface area contributed by atoms with Crippen LogP contribution in [0.1, 0.15) is 26.2 Å². The van der Waals surface area contributed by atoms with Crippen molar-refractivity contribution in [3.8, 4) is 0 Å². The quantitative estimate of drug-likeness (QED) is 0.714. The van der Waals surface area contributed by atoms with Gasteiger partial charge in [0.2, 0.25) is 0 Å². The lowest BCUT2D eigenvalue weighted by Gasteiger charge is -2.38. The Labute approximate surface area is 116 Å². The summed E-state index contributed by atoms with van der Waals surface area (Å²) >= 11 is 5.86. The molecule has 3 nitrogen and oxygen atoms in total. The minimum atomic E-state index is 0.411. The Morgan fingerprint density at radius 3 is 2.89 bits per heavy atom. The van der Waals surface area contributed by atoms with Crippen molar-refractivity contribution in [2.45, 2.75) is 32.3 Å². The van der Waals surface area contributed by atoms with E-state index in [4.69, 9.17) is 16.3 Å². The standard InChI is InChI=1S/C14H27ClN2O/c1-2-16-8-9-18-14(11-16)12-17-7-3-4-13(10-17)5-6-15/h13-14H,2-12H2,1H3. The molecule has 0 spiro atoms. The number of hydrogen-bond acceptors (Lipinski definition) is 3. The molecule has 2 unspecified atom stereocenters. The van der Waals surface area contributed by atoms with Gasteiger partial charge in [-0.3, -0.25) is 4.90 Å². The molecule has 0 N–H and O–H groups in total. The van der Waals surface area contributed by atoms with E-state index in [1.54, 1.807) is 0 Å². The van der Waals surface area contributed by atoms with Crippen molar-refractivity contribution < 1.29 is 4.74 Å². The van der Waals surface area contributed by atoms with Gasteiger partial charge in [0.1, 0.15) is 0 Å². The van der Waals surface area contributed by atoms with E-state index < -0.39 is 0 Å². The third-order valence-electron chi connectivity index (χ3n) is 4.25. The van der Waals surface area contributed by atoms with Crippen LogP contribution in [0, 0.1) is 5.92 Å². The van der Waals surface area contributed by atoms with Gasteiger partial charge in [-0.25, -0.2) is 0 Å². The van der Waals surface area contributed by atoms with Crippen molar-refractivity contribution >= 4 is 11.6 Å². The smallest absolute Gasteiger partial charge is 0.0829 e. The van der Waals surface area contributed by atoms with E-state index >= 15 is 0 Å². The highest BCUT2D eigenvalue weighted by Gasteiger charge is 2.25. The number of alkyl halides is 1. The van der Waals surface area contributed by atoms with Crippen molar-refractivity contribution in [1.29, 1.82) is 0 Å². The first-order valence-corrected chi connectivity index (χ1v) is 7.97. The molecule has 0 radical (unpaired) electrons. The fraction of sp³-hybridized carbons (Fsp3) is 1.00. The molecular formula is C14H27ClN2O. The molecule has 0 aromatic heterocycles. The highest BCUT2D eigenvalue weighted by atomic mass is 35.5. The van der Waals surface area contributed by atoms with Crippen LogP contribution in [0.3, 0.4) is 0 Å². The Balaban J connectivity index is 1.74. The number of likely N-dealkylation sites (tertiary alicyclic amines) is 1. The van der Waals surface area contributed by atoms with Gasteiger partial charge in [0.15, 0.2) is 0 Å². The van der Waals surface area contributed by atoms with Crippen LogP contribution >= 0.6 is 11.6 Å². The Morgan fingerprint density at radius 1 is 1.22 bits per heavy atom.